The zero-order chi connectivity index (χ0) is 14.5. The Kier molecular flexibility index (Phi) is 5.27. The molecule has 0 bridgehead atoms. The maximum Gasteiger partial charge on any atom is 0.114 e. The van der Waals surface area contributed by atoms with E-state index in [1.807, 2.05) is 6.20 Å². The smallest absolute Gasteiger partial charge is 0.114 e. The summed E-state index contributed by atoms with van der Waals surface area (Å²) in [6.07, 6.45) is 8.96. The maximum atomic E-state index is 6.01. The van der Waals surface area contributed by atoms with Crippen molar-refractivity contribution in [2.75, 3.05) is 40.0 Å². The minimum absolute atomic E-state index is 0.465. The molecule has 1 atom stereocenters. The van der Waals surface area contributed by atoms with E-state index in [-0.39, 0.29) is 0 Å². The summed E-state index contributed by atoms with van der Waals surface area (Å²) in [5.74, 6) is 1.67. The second-order valence-electron chi connectivity index (χ2n) is 6.27. The summed E-state index contributed by atoms with van der Waals surface area (Å²) < 4.78 is 13.8. The fraction of sp³-hybridized carbons (Fsp3) is 0.812. The van der Waals surface area contributed by atoms with Crippen LogP contribution in [0.5, 0.6) is 0 Å². The van der Waals surface area contributed by atoms with Gasteiger partial charge in [-0.25, -0.2) is 4.98 Å². The monoisotopic (exact) mass is 293 g/mol. The third kappa shape index (κ3) is 4.05. The number of piperidine rings is 1. The molecule has 3 rings (SSSR count). The average molecular weight is 293 g/mol. The van der Waals surface area contributed by atoms with Crippen LogP contribution in [0.25, 0.3) is 0 Å². The zero-order valence-corrected chi connectivity index (χ0v) is 13.0. The molecule has 3 heterocycles. The van der Waals surface area contributed by atoms with Gasteiger partial charge in [0, 0.05) is 51.2 Å². The van der Waals surface area contributed by atoms with Gasteiger partial charge in [0.15, 0.2) is 0 Å². The van der Waals surface area contributed by atoms with Gasteiger partial charge in [-0.2, -0.15) is 0 Å². The highest BCUT2D eigenvalue weighted by Gasteiger charge is 2.22. The number of aromatic nitrogens is 2. The average Bonchev–Trinajstić information content (AvgIpc) is 3.16. The van der Waals surface area contributed by atoms with Gasteiger partial charge in [0.1, 0.15) is 5.82 Å². The van der Waals surface area contributed by atoms with Crippen molar-refractivity contribution >= 4 is 0 Å². The van der Waals surface area contributed by atoms with E-state index in [2.05, 4.69) is 27.7 Å². The fourth-order valence-corrected chi connectivity index (χ4v) is 3.24. The molecule has 0 saturated carbocycles. The molecular weight excluding hydrogens is 266 g/mol. The largest absolute Gasteiger partial charge is 0.381 e. The molecule has 118 valence electrons. The van der Waals surface area contributed by atoms with Gasteiger partial charge < -0.3 is 18.9 Å². The lowest BCUT2D eigenvalue weighted by Gasteiger charge is -2.28. The van der Waals surface area contributed by atoms with Crippen LogP contribution >= 0.6 is 0 Å². The Morgan fingerprint density at radius 1 is 1.33 bits per heavy atom. The first kappa shape index (κ1) is 15.0. The molecule has 2 aliphatic rings. The van der Waals surface area contributed by atoms with E-state index < -0.39 is 0 Å². The minimum Gasteiger partial charge on any atom is -0.381 e. The molecule has 21 heavy (non-hydrogen) atoms. The van der Waals surface area contributed by atoms with Crippen LogP contribution in [-0.4, -0.2) is 60.5 Å². The highest BCUT2D eigenvalue weighted by atomic mass is 16.5. The molecular formula is C16H27N3O2. The van der Waals surface area contributed by atoms with Gasteiger partial charge in [0.2, 0.25) is 0 Å². The topological polar surface area (TPSA) is 39.5 Å². The summed E-state index contributed by atoms with van der Waals surface area (Å²) in [7, 11) is 2.18. The second-order valence-corrected chi connectivity index (χ2v) is 6.27. The quantitative estimate of drug-likeness (QED) is 0.751. The van der Waals surface area contributed by atoms with Crippen LogP contribution in [0.3, 0.4) is 0 Å². The predicted molar refractivity (Wildman–Crippen MR) is 81.5 cm³/mol. The van der Waals surface area contributed by atoms with E-state index in [9.17, 15) is 0 Å². The molecule has 5 nitrogen and oxygen atoms in total. The number of nitrogens with zero attached hydrogens (tertiary/aromatic N) is 3. The van der Waals surface area contributed by atoms with Crippen molar-refractivity contribution in [1.29, 1.82) is 0 Å². The molecule has 0 aliphatic carbocycles. The number of imidazole rings is 1. The van der Waals surface area contributed by atoms with Crippen molar-refractivity contribution in [3.8, 4) is 0 Å². The molecule has 0 N–H and O–H groups in total. The highest BCUT2D eigenvalue weighted by Crippen LogP contribution is 2.23. The van der Waals surface area contributed by atoms with Gasteiger partial charge in [-0.05, 0) is 32.7 Å². The van der Waals surface area contributed by atoms with E-state index in [1.165, 1.54) is 18.7 Å². The van der Waals surface area contributed by atoms with E-state index in [0.717, 1.165) is 52.3 Å². The number of ether oxygens (including phenoxy) is 2. The summed E-state index contributed by atoms with van der Waals surface area (Å²) in [5.41, 5.74) is 0. The summed E-state index contributed by atoms with van der Waals surface area (Å²) >= 11 is 0. The molecule has 1 aromatic heterocycles. The van der Waals surface area contributed by atoms with Gasteiger partial charge in [-0.15, -0.1) is 0 Å². The van der Waals surface area contributed by atoms with E-state index in [0.29, 0.717) is 12.0 Å². The summed E-state index contributed by atoms with van der Waals surface area (Å²) in [4.78, 5) is 6.89. The number of rotatable bonds is 6. The third-order valence-electron chi connectivity index (χ3n) is 4.61. The van der Waals surface area contributed by atoms with Crippen molar-refractivity contribution in [2.24, 2.45) is 0 Å². The molecule has 0 amide bonds. The van der Waals surface area contributed by atoms with Crippen molar-refractivity contribution in [1.82, 2.24) is 14.5 Å². The number of hydrogen-bond acceptors (Lipinski definition) is 4. The highest BCUT2D eigenvalue weighted by molar-refractivity contribution is 5.02. The Bertz CT molecular complexity index is 421. The van der Waals surface area contributed by atoms with Gasteiger partial charge in [-0.1, -0.05) is 0 Å². The van der Waals surface area contributed by atoms with Crippen molar-refractivity contribution in [3.63, 3.8) is 0 Å². The molecule has 0 radical (unpaired) electrons. The molecule has 2 fully saturated rings. The van der Waals surface area contributed by atoms with Crippen LogP contribution in [0.1, 0.15) is 37.4 Å². The lowest BCUT2D eigenvalue weighted by atomic mass is 10.1. The van der Waals surface area contributed by atoms with Crippen LogP contribution in [0.15, 0.2) is 12.4 Å². The number of aryl methyl sites for hydroxylation is 1. The van der Waals surface area contributed by atoms with E-state index in [4.69, 9.17) is 9.47 Å². The lowest BCUT2D eigenvalue weighted by molar-refractivity contribution is 0.0102. The standard InChI is InChI=1S/C16H27N3O2/c1-18-8-3-15(4-9-18)21-11-2-7-19-10-6-17-16(19)14-5-12-20-13-14/h6,10,14-15H,2-5,7-9,11-13H2,1H3. The van der Waals surface area contributed by atoms with Crippen molar-refractivity contribution in [3.05, 3.63) is 18.2 Å². The molecule has 0 aromatic carbocycles. The molecule has 0 spiro atoms. The first-order valence-corrected chi connectivity index (χ1v) is 8.22. The maximum absolute atomic E-state index is 6.01. The second kappa shape index (κ2) is 7.38. The third-order valence-corrected chi connectivity index (χ3v) is 4.61. The Balaban J connectivity index is 1.38. The van der Waals surface area contributed by atoms with Crippen LogP contribution in [0.2, 0.25) is 0 Å². The first-order valence-electron chi connectivity index (χ1n) is 8.22. The molecule has 2 aliphatic heterocycles. The molecule has 5 heteroatoms. The van der Waals surface area contributed by atoms with E-state index >= 15 is 0 Å². The minimum atomic E-state index is 0.465. The lowest BCUT2D eigenvalue weighted by Crippen LogP contribution is -2.34. The van der Waals surface area contributed by atoms with Crippen molar-refractivity contribution < 1.29 is 9.47 Å². The van der Waals surface area contributed by atoms with Gasteiger partial charge in [0.05, 0.1) is 12.7 Å². The summed E-state index contributed by atoms with van der Waals surface area (Å²) in [6.45, 7) is 5.88. The van der Waals surface area contributed by atoms with Gasteiger partial charge >= 0.3 is 0 Å². The zero-order valence-electron chi connectivity index (χ0n) is 13.0. The normalized spacial score (nSPS) is 24.7. The number of likely N-dealkylation sites (tertiary alicyclic amines) is 1. The van der Waals surface area contributed by atoms with Crippen LogP contribution in [0, 0.1) is 0 Å². The Hall–Kier alpha value is -0.910. The van der Waals surface area contributed by atoms with Crippen LogP contribution in [-0.2, 0) is 16.0 Å². The Morgan fingerprint density at radius 2 is 2.19 bits per heavy atom. The molecule has 1 aromatic rings. The first-order chi connectivity index (χ1) is 10.3. The van der Waals surface area contributed by atoms with Gasteiger partial charge in [-0.3, -0.25) is 0 Å². The van der Waals surface area contributed by atoms with Crippen LogP contribution < -0.4 is 0 Å². The SMILES string of the molecule is CN1CCC(OCCCn2ccnc2C2CCOC2)CC1. The predicted octanol–water partition coefficient (Wildman–Crippen LogP) is 1.89. The van der Waals surface area contributed by atoms with Gasteiger partial charge in [0.25, 0.3) is 0 Å². The molecule has 2 saturated heterocycles. The Morgan fingerprint density at radius 3 is 2.95 bits per heavy atom. The number of hydrogen-bond donors (Lipinski definition) is 0. The van der Waals surface area contributed by atoms with Crippen LogP contribution in [0.4, 0.5) is 0 Å². The summed E-state index contributed by atoms with van der Waals surface area (Å²) in [5, 5.41) is 0. The Labute approximate surface area is 127 Å². The molecule has 1 unspecified atom stereocenters. The van der Waals surface area contributed by atoms with E-state index in [1.54, 1.807) is 0 Å². The summed E-state index contributed by atoms with van der Waals surface area (Å²) in [6, 6.07) is 0. The fourth-order valence-electron chi connectivity index (χ4n) is 3.24. The van der Waals surface area contributed by atoms with Crippen molar-refractivity contribution in [2.45, 2.75) is 44.2 Å².